The SMILES string of the molecule is CCCCCCCCCCCCCCCCCCOOP(=O)(O)OCCC. The molecule has 5 nitrogen and oxygen atoms in total. The second-order valence-electron chi connectivity index (χ2n) is 7.50. The minimum atomic E-state index is -4.02. The first kappa shape index (κ1) is 27.1. The van der Waals surface area contributed by atoms with Crippen LogP contribution in [0.1, 0.15) is 123 Å². The quantitative estimate of drug-likeness (QED) is 0.0859. The van der Waals surface area contributed by atoms with Crippen LogP contribution in [0.15, 0.2) is 0 Å². The Morgan fingerprint density at radius 3 is 1.41 bits per heavy atom. The van der Waals surface area contributed by atoms with E-state index in [0.717, 1.165) is 12.8 Å². The third kappa shape index (κ3) is 22.2. The van der Waals surface area contributed by atoms with E-state index in [4.69, 9.17) is 4.89 Å². The largest absolute Gasteiger partial charge is 0.499 e. The van der Waals surface area contributed by atoms with Gasteiger partial charge >= 0.3 is 7.82 Å². The molecular formula is C21H45O5P. The van der Waals surface area contributed by atoms with Crippen LogP contribution < -0.4 is 0 Å². The van der Waals surface area contributed by atoms with E-state index in [0.29, 0.717) is 13.0 Å². The van der Waals surface area contributed by atoms with Gasteiger partial charge in [0.15, 0.2) is 0 Å². The standard InChI is InChI=1S/C21H45O5P/c1-3-5-6-7-8-9-10-11-12-13-14-15-16-17-18-19-21-24-26-27(22,23)25-20-4-2/h3-21H2,1-2H3,(H,22,23). The smallest absolute Gasteiger partial charge is 0.301 e. The molecule has 0 aliphatic carbocycles. The van der Waals surface area contributed by atoms with E-state index in [1.165, 1.54) is 89.9 Å². The lowest BCUT2D eigenvalue weighted by molar-refractivity contribution is -0.225. The van der Waals surface area contributed by atoms with E-state index in [1.807, 2.05) is 6.92 Å². The van der Waals surface area contributed by atoms with Gasteiger partial charge in [0.1, 0.15) is 0 Å². The summed E-state index contributed by atoms with van der Waals surface area (Å²) in [6, 6.07) is 0. The van der Waals surface area contributed by atoms with E-state index in [1.54, 1.807) is 0 Å². The minimum Gasteiger partial charge on any atom is -0.301 e. The van der Waals surface area contributed by atoms with Crippen LogP contribution in [-0.4, -0.2) is 18.1 Å². The highest BCUT2D eigenvalue weighted by molar-refractivity contribution is 7.47. The summed E-state index contributed by atoms with van der Waals surface area (Å²) in [6.45, 7) is 4.65. The first-order valence-corrected chi connectivity index (χ1v) is 12.9. The van der Waals surface area contributed by atoms with Crippen LogP contribution in [-0.2, 0) is 18.7 Å². The van der Waals surface area contributed by atoms with Crippen LogP contribution in [0.25, 0.3) is 0 Å². The molecule has 27 heavy (non-hydrogen) atoms. The fourth-order valence-electron chi connectivity index (χ4n) is 3.04. The van der Waals surface area contributed by atoms with E-state index in [9.17, 15) is 9.46 Å². The van der Waals surface area contributed by atoms with Crippen molar-refractivity contribution in [3.63, 3.8) is 0 Å². The van der Waals surface area contributed by atoms with Crippen molar-refractivity contribution in [2.45, 2.75) is 123 Å². The highest BCUT2D eigenvalue weighted by atomic mass is 31.2. The molecule has 164 valence electrons. The molecule has 0 spiro atoms. The summed E-state index contributed by atoms with van der Waals surface area (Å²) >= 11 is 0. The van der Waals surface area contributed by atoms with Crippen LogP contribution >= 0.6 is 7.82 Å². The maximum Gasteiger partial charge on any atom is 0.499 e. The molecule has 0 aliphatic rings. The molecule has 0 amide bonds. The Labute approximate surface area is 168 Å². The average Bonchev–Trinajstić information content (AvgIpc) is 2.65. The Balaban J connectivity index is 3.14. The Morgan fingerprint density at radius 1 is 0.593 bits per heavy atom. The Hall–Kier alpha value is 0.0700. The molecule has 1 unspecified atom stereocenters. The zero-order valence-corrected chi connectivity index (χ0v) is 18.9. The molecule has 0 aromatic rings. The average molecular weight is 409 g/mol. The number of phosphoric acid groups is 1. The minimum absolute atomic E-state index is 0.191. The zero-order valence-electron chi connectivity index (χ0n) is 18.0. The first-order valence-electron chi connectivity index (χ1n) is 11.4. The summed E-state index contributed by atoms with van der Waals surface area (Å²) in [5, 5.41) is 0. The molecule has 0 aromatic heterocycles. The normalized spacial score (nSPS) is 13.7. The molecule has 0 saturated heterocycles. The number of hydrogen-bond acceptors (Lipinski definition) is 4. The van der Waals surface area contributed by atoms with Crippen LogP contribution in [0.3, 0.4) is 0 Å². The van der Waals surface area contributed by atoms with Gasteiger partial charge in [0.2, 0.25) is 0 Å². The van der Waals surface area contributed by atoms with Crippen molar-refractivity contribution >= 4 is 7.82 Å². The van der Waals surface area contributed by atoms with Crippen LogP contribution in [0, 0.1) is 0 Å². The highest BCUT2D eigenvalue weighted by Gasteiger charge is 2.21. The molecule has 1 N–H and O–H groups in total. The maximum atomic E-state index is 11.3. The molecule has 0 bridgehead atoms. The molecule has 0 fully saturated rings. The highest BCUT2D eigenvalue weighted by Crippen LogP contribution is 2.43. The second-order valence-corrected chi connectivity index (χ2v) is 8.85. The fourth-order valence-corrected chi connectivity index (χ4v) is 3.71. The number of hydrogen-bond donors (Lipinski definition) is 1. The Morgan fingerprint density at radius 2 is 1.00 bits per heavy atom. The van der Waals surface area contributed by atoms with E-state index in [-0.39, 0.29) is 6.61 Å². The second kappa shape index (κ2) is 20.8. The van der Waals surface area contributed by atoms with Crippen molar-refractivity contribution in [2.24, 2.45) is 0 Å². The lowest BCUT2D eigenvalue weighted by Crippen LogP contribution is -1.99. The third-order valence-corrected chi connectivity index (χ3v) is 5.49. The molecular weight excluding hydrogens is 363 g/mol. The lowest BCUT2D eigenvalue weighted by atomic mass is 10.0. The van der Waals surface area contributed by atoms with Crippen molar-refractivity contribution in [2.75, 3.05) is 13.2 Å². The van der Waals surface area contributed by atoms with Gasteiger partial charge in [0, 0.05) is 0 Å². The van der Waals surface area contributed by atoms with Crippen LogP contribution in [0.4, 0.5) is 0 Å². The summed E-state index contributed by atoms with van der Waals surface area (Å²) in [6.07, 6.45) is 21.7. The van der Waals surface area contributed by atoms with Gasteiger partial charge in [0.25, 0.3) is 0 Å². The van der Waals surface area contributed by atoms with E-state index < -0.39 is 7.82 Å². The van der Waals surface area contributed by atoms with E-state index in [2.05, 4.69) is 16.1 Å². The Kier molecular flexibility index (Phi) is 20.8. The van der Waals surface area contributed by atoms with E-state index >= 15 is 0 Å². The lowest BCUT2D eigenvalue weighted by Gasteiger charge is -2.10. The van der Waals surface area contributed by atoms with Gasteiger partial charge in [-0.1, -0.05) is 110 Å². The fraction of sp³-hybridized carbons (Fsp3) is 1.00. The molecule has 0 heterocycles. The molecule has 0 aliphatic heterocycles. The summed E-state index contributed by atoms with van der Waals surface area (Å²) in [5.41, 5.74) is 0. The van der Waals surface area contributed by atoms with Gasteiger partial charge in [-0.25, -0.2) is 9.45 Å². The monoisotopic (exact) mass is 408 g/mol. The summed E-state index contributed by atoms with van der Waals surface area (Å²) in [5.74, 6) is 0. The van der Waals surface area contributed by atoms with Crippen molar-refractivity contribution in [1.82, 2.24) is 0 Å². The number of phosphoric ester groups is 1. The summed E-state index contributed by atoms with van der Waals surface area (Å²) in [4.78, 5) is 14.0. The summed E-state index contributed by atoms with van der Waals surface area (Å²) in [7, 11) is -4.02. The molecule has 0 saturated carbocycles. The maximum absolute atomic E-state index is 11.3. The topological polar surface area (TPSA) is 65.0 Å². The van der Waals surface area contributed by atoms with Crippen molar-refractivity contribution in [3.8, 4) is 0 Å². The third-order valence-electron chi connectivity index (χ3n) is 4.69. The van der Waals surface area contributed by atoms with Crippen molar-refractivity contribution < 1.29 is 23.5 Å². The molecule has 6 heteroatoms. The molecule has 1 atom stereocenters. The predicted octanol–water partition coefficient (Wildman–Crippen LogP) is 7.72. The zero-order chi connectivity index (χ0) is 20.1. The predicted molar refractivity (Wildman–Crippen MR) is 113 cm³/mol. The van der Waals surface area contributed by atoms with Gasteiger partial charge in [-0.15, -0.1) is 4.67 Å². The summed E-state index contributed by atoms with van der Waals surface area (Å²) < 4.78 is 20.5. The van der Waals surface area contributed by atoms with Gasteiger partial charge in [-0.3, -0.25) is 4.52 Å². The number of unbranched alkanes of at least 4 members (excludes halogenated alkanes) is 15. The van der Waals surface area contributed by atoms with Gasteiger partial charge in [-0.05, 0) is 12.8 Å². The molecule has 0 aromatic carbocycles. The van der Waals surface area contributed by atoms with Gasteiger partial charge in [0.05, 0.1) is 13.2 Å². The van der Waals surface area contributed by atoms with Crippen LogP contribution in [0.5, 0.6) is 0 Å². The van der Waals surface area contributed by atoms with Crippen molar-refractivity contribution in [3.05, 3.63) is 0 Å². The van der Waals surface area contributed by atoms with Crippen LogP contribution in [0.2, 0.25) is 0 Å². The first-order chi connectivity index (χ1) is 13.1. The van der Waals surface area contributed by atoms with Gasteiger partial charge < -0.3 is 4.89 Å². The number of rotatable bonds is 22. The molecule has 0 rings (SSSR count). The molecule has 0 radical (unpaired) electrons. The Bertz CT molecular complexity index is 339. The van der Waals surface area contributed by atoms with Gasteiger partial charge in [-0.2, -0.15) is 0 Å². The van der Waals surface area contributed by atoms with Crippen molar-refractivity contribution in [1.29, 1.82) is 0 Å².